The average Bonchev–Trinajstić information content (AvgIpc) is 1.91. The number of hydrogen-bond acceptors (Lipinski definition) is 2. The normalized spacial score (nSPS) is 10.2. The molecule has 46 valence electrons. The quantitative estimate of drug-likeness (QED) is 0.600. The molecule has 2 nitrogen and oxygen atoms in total. The summed E-state index contributed by atoms with van der Waals surface area (Å²) in [4.78, 5) is 3.85. The fourth-order valence-corrected chi connectivity index (χ4v) is 0.586. The van der Waals surface area contributed by atoms with Crippen LogP contribution in [0.15, 0.2) is 30.7 Å². The number of pyridine rings is 1. The van der Waals surface area contributed by atoms with Gasteiger partial charge in [-0.3, -0.25) is 4.98 Å². The number of nitrogens with two attached hydrogens (primary N) is 1. The number of rotatable bonds is 1. The molecule has 0 aliphatic rings. The fourth-order valence-electron chi connectivity index (χ4n) is 0.586. The van der Waals surface area contributed by atoms with Crippen LogP contribution in [0, 0.1) is 0 Å². The maximum Gasteiger partial charge on any atom is 0.0273 e. The van der Waals surface area contributed by atoms with E-state index in [2.05, 4.69) is 4.98 Å². The van der Waals surface area contributed by atoms with Crippen molar-refractivity contribution in [2.45, 2.75) is 0 Å². The van der Waals surface area contributed by atoms with Crippen LogP contribution in [0.4, 0.5) is 0 Å². The second-order valence-corrected chi connectivity index (χ2v) is 1.64. The van der Waals surface area contributed by atoms with Crippen molar-refractivity contribution in [3.8, 4) is 0 Å². The van der Waals surface area contributed by atoms with Crippen molar-refractivity contribution in [1.82, 2.24) is 4.98 Å². The standard InChI is InChI=1S/C7H8N2/c8-4-1-7-2-5-9-6-3-7/h1-6H,8H2. The van der Waals surface area contributed by atoms with E-state index in [1.165, 1.54) is 6.20 Å². The summed E-state index contributed by atoms with van der Waals surface area (Å²) < 4.78 is 0. The minimum Gasteiger partial charge on any atom is -0.405 e. The first-order valence-corrected chi connectivity index (χ1v) is 2.72. The topological polar surface area (TPSA) is 38.9 Å². The van der Waals surface area contributed by atoms with Crippen molar-refractivity contribution in [2.24, 2.45) is 5.73 Å². The highest BCUT2D eigenvalue weighted by molar-refractivity contribution is 5.46. The molecule has 0 amide bonds. The van der Waals surface area contributed by atoms with Crippen LogP contribution < -0.4 is 5.73 Å². The molecule has 0 atom stereocenters. The first-order chi connectivity index (χ1) is 4.43. The van der Waals surface area contributed by atoms with E-state index < -0.39 is 0 Å². The van der Waals surface area contributed by atoms with Crippen LogP contribution in [0.3, 0.4) is 0 Å². The zero-order chi connectivity index (χ0) is 6.53. The van der Waals surface area contributed by atoms with Gasteiger partial charge in [0.1, 0.15) is 0 Å². The first kappa shape index (κ1) is 5.82. The summed E-state index contributed by atoms with van der Waals surface area (Å²) in [6.45, 7) is 0. The predicted molar refractivity (Wildman–Crippen MR) is 37.5 cm³/mol. The van der Waals surface area contributed by atoms with Crippen LogP contribution >= 0.6 is 0 Å². The van der Waals surface area contributed by atoms with Gasteiger partial charge in [0.2, 0.25) is 0 Å². The molecule has 0 aliphatic heterocycles. The minimum atomic E-state index is 1.08. The molecule has 0 radical (unpaired) electrons. The molecule has 2 heteroatoms. The van der Waals surface area contributed by atoms with E-state index in [4.69, 9.17) is 5.73 Å². The van der Waals surface area contributed by atoms with E-state index >= 15 is 0 Å². The molecular weight excluding hydrogens is 112 g/mol. The fraction of sp³-hybridized carbons (Fsp3) is 0. The molecule has 0 saturated carbocycles. The van der Waals surface area contributed by atoms with Gasteiger partial charge in [-0.15, -0.1) is 0 Å². The Hall–Kier alpha value is -1.31. The Balaban J connectivity index is 2.85. The van der Waals surface area contributed by atoms with Crippen LogP contribution in [-0.2, 0) is 0 Å². The van der Waals surface area contributed by atoms with Gasteiger partial charge in [-0.25, -0.2) is 0 Å². The molecule has 1 heterocycles. The lowest BCUT2D eigenvalue weighted by atomic mass is 10.3. The third-order valence-corrected chi connectivity index (χ3v) is 0.995. The molecule has 1 rings (SSSR count). The lowest BCUT2D eigenvalue weighted by Crippen LogP contribution is -1.77. The van der Waals surface area contributed by atoms with Gasteiger partial charge in [-0.1, -0.05) is 0 Å². The van der Waals surface area contributed by atoms with Gasteiger partial charge >= 0.3 is 0 Å². The molecule has 0 unspecified atom stereocenters. The maximum absolute atomic E-state index is 5.16. The molecule has 1 aromatic heterocycles. The van der Waals surface area contributed by atoms with Crippen LogP contribution in [0.25, 0.3) is 6.08 Å². The molecule has 0 fully saturated rings. The summed E-state index contributed by atoms with van der Waals surface area (Å²) in [6, 6.07) is 3.78. The Labute approximate surface area is 54.0 Å². The Morgan fingerprint density at radius 3 is 2.56 bits per heavy atom. The molecule has 0 saturated heterocycles. The van der Waals surface area contributed by atoms with E-state index in [1.54, 1.807) is 12.4 Å². The molecule has 0 bridgehead atoms. The summed E-state index contributed by atoms with van der Waals surface area (Å²) in [5.41, 5.74) is 6.24. The van der Waals surface area contributed by atoms with Gasteiger partial charge in [0.15, 0.2) is 0 Å². The van der Waals surface area contributed by atoms with Gasteiger partial charge in [-0.2, -0.15) is 0 Å². The molecule has 2 N–H and O–H groups in total. The van der Waals surface area contributed by atoms with E-state index in [0.717, 1.165) is 5.56 Å². The molecule has 1 aromatic rings. The van der Waals surface area contributed by atoms with Crippen molar-refractivity contribution in [1.29, 1.82) is 0 Å². The van der Waals surface area contributed by atoms with Crippen molar-refractivity contribution in [3.05, 3.63) is 36.3 Å². The third kappa shape index (κ3) is 1.57. The monoisotopic (exact) mass is 120 g/mol. The van der Waals surface area contributed by atoms with Crippen LogP contribution in [-0.4, -0.2) is 4.98 Å². The van der Waals surface area contributed by atoms with Crippen molar-refractivity contribution in [3.63, 3.8) is 0 Å². The summed E-state index contributed by atoms with van der Waals surface area (Å²) in [7, 11) is 0. The predicted octanol–water partition coefficient (Wildman–Crippen LogP) is 1.01. The summed E-state index contributed by atoms with van der Waals surface area (Å²) in [6.07, 6.45) is 6.79. The molecule has 0 aliphatic carbocycles. The minimum absolute atomic E-state index is 1.08. The summed E-state index contributed by atoms with van der Waals surface area (Å²) >= 11 is 0. The highest BCUT2D eigenvalue weighted by atomic mass is 14.6. The zero-order valence-corrected chi connectivity index (χ0v) is 4.99. The highest BCUT2D eigenvalue weighted by Gasteiger charge is 1.78. The largest absolute Gasteiger partial charge is 0.405 e. The van der Waals surface area contributed by atoms with Gasteiger partial charge in [0, 0.05) is 12.4 Å². The van der Waals surface area contributed by atoms with Crippen LogP contribution in [0.2, 0.25) is 0 Å². The van der Waals surface area contributed by atoms with Gasteiger partial charge in [-0.05, 0) is 30.0 Å². The smallest absolute Gasteiger partial charge is 0.0273 e. The second-order valence-electron chi connectivity index (χ2n) is 1.64. The SMILES string of the molecule is NC=Cc1ccncc1. The molecular formula is C7H8N2. The van der Waals surface area contributed by atoms with Crippen molar-refractivity contribution in [2.75, 3.05) is 0 Å². The number of nitrogens with zero attached hydrogens (tertiary/aromatic N) is 1. The number of aromatic nitrogens is 1. The Morgan fingerprint density at radius 2 is 2.00 bits per heavy atom. The molecule has 0 aromatic carbocycles. The lowest BCUT2D eigenvalue weighted by Gasteiger charge is -1.86. The van der Waals surface area contributed by atoms with E-state index in [-0.39, 0.29) is 0 Å². The molecule has 9 heavy (non-hydrogen) atoms. The van der Waals surface area contributed by atoms with E-state index in [0.29, 0.717) is 0 Å². The molecule has 0 spiro atoms. The summed E-state index contributed by atoms with van der Waals surface area (Å²) in [5.74, 6) is 0. The average molecular weight is 120 g/mol. The van der Waals surface area contributed by atoms with Crippen LogP contribution in [0.1, 0.15) is 5.56 Å². The second kappa shape index (κ2) is 2.87. The van der Waals surface area contributed by atoms with E-state index in [1.807, 2.05) is 18.2 Å². The van der Waals surface area contributed by atoms with E-state index in [9.17, 15) is 0 Å². The third-order valence-electron chi connectivity index (χ3n) is 0.995. The van der Waals surface area contributed by atoms with Gasteiger partial charge < -0.3 is 5.73 Å². The van der Waals surface area contributed by atoms with Gasteiger partial charge in [0.05, 0.1) is 0 Å². The maximum atomic E-state index is 5.16. The first-order valence-electron chi connectivity index (χ1n) is 2.72. The number of hydrogen-bond donors (Lipinski definition) is 1. The zero-order valence-electron chi connectivity index (χ0n) is 4.99. The van der Waals surface area contributed by atoms with Crippen molar-refractivity contribution < 1.29 is 0 Å². The Bertz CT molecular complexity index is 191. The lowest BCUT2D eigenvalue weighted by molar-refractivity contribution is 1.32. The van der Waals surface area contributed by atoms with Crippen molar-refractivity contribution >= 4 is 6.08 Å². The Kier molecular flexibility index (Phi) is 1.85. The van der Waals surface area contributed by atoms with Crippen LogP contribution in [0.5, 0.6) is 0 Å². The highest BCUT2D eigenvalue weighted by Crippen LogP contribution is 1.96. The van der Waals surface area contributed by atoms with Gasteiger partial charge in [0.25, 0.3) is 0 Å². The Morgan fingerprint density at radius 1 is 1.33 bits per heavy atom. The summed E-state index contributed by atoms with van der Waals surface area (Å²) in [5, 5.41) is 0.